The molecule has 1 saturated heterocycles. The molecule has 12 nitrogen and oxygen atoms in total. The summed E-state index contributed by atoms with van der Waals surface area (Å²) in [6.07, 6.45) is 6.05. The van der Waals surface area contributed by atoms with Gasteiger partial charge < -0.3 is 34.2 Å². The number of aromatic amines is 2. The van der Waals surface area contributed by atoms with Crippen LogP contribution in [0.15, 0.2) is 65.3 Å². The molecule has 0 spiro atoms. The van der Waals surface area contributed by atoms with Gasteiger partial charge in [-0.2, -0.15) is 0 Å². The zero-order chi connectivity index (χ0) is 36.9. The van der Waals surface area contributed by atoms with Crippen LogP contribution < -0.4 is 5.32 Å². The first kappa shape index (κ1) is 36.4. The van der Waals surface area contributed by atoms with Gasteiger partial charge in [-0.05, 0) is 60.9 Å². The molecule has 0 saturated carbocycles. The summed E-state index contributed by atoms with van der Waals surface area (Å²) in [6, 6.07) is 15.3. The summed E-state index contributed by atoms with van der Waals surface area (Å²) in [4.78, 5) is 58.0. The summed E-state index contributed by atoms with van der Waals surface area (Å²) in [5, 5.41) is 3.66. The quantitative estimate of drug-likeness (QED) is 0.113. The van der Waals surface area contributed by atoms with Crippen molar-refractivity contribution in [2.24, 2.45) is 11.8 Å². The SMILES string of the molecule is CCCN(Cc1ncc(-c2ccc(-c3cc4cc(-c5cnc(C6CCCN6C(=O)C(NC(=O)OC)C(C)C)[nH]5)ccc4o3)cc2)[nH]1)C(=O)CC(C)C. The van der Waals surface area contributed by atoms with Gasteiger partial charge in [0.1, 0.15) is 29.0 Å². The van der Waals surface area contributed by atoms with Crippen LogP contribution in [0.3, 0.4) is 0 Å². The number of likely N-dealkylation sites (tertiary alicyclic amines) is 1. The average Bonchev–Trinajstić information content (AvgIpc) is 3.95. The van der Waals surface area contributed by atoms with Gasteiger partial charge in [-0.25, -0.2) is 14.8 Å². The zero-order valence-corrected chi connectivity index (χ0v) is 30.9. The smallest absolute Gasteiger partial charge is 0.407 e. The van der Waals surface area contributed by atoms with Crippen LogP contribution in [-0.4, -0.2) is 73.9 Å². The van der Waals surface area contributed by atoms with Crippen LogP contribution in [-0.2, 0) is 20.9 Å². The fourth-order valence-electron chi connectivity index (χ4n) is 6.82. The lowest BCUT2D eigenvalue weighted by Gasteiger charge is -2.30. The Morgan fingerprint density at radius 3 is 2.40 bits per heavy atom. The Kier molecular flexibility index (Phi) is 11.1. The highest BCUT2D eigenvalue weighted by molar-refractivity contribution is 5.88. The maximum atomic E-state index is 13.5. The van der Waals surface area contributed by atoms with Crippen molar-refractivity contribution in [2.45, 2.75) is 78.9 Å². The molecule has 3 N–H and O–H groups in total. The lowest BCUT2D eigenvalue weighted by molar-refractivity contribution is -0.135. The van der Waals surface area contributed by atoms with Crippen molar-refractivity contribution in [1.82, 2.24) is 35.1 Å². The molecule has 1 aliphatic heterocycles. The monoisotopic (exact) mass is 707 g/mol. The summed E-state index contributed by atoms with van der Waals surface area (Å²) in [5.74, 6) is 2.47. The molecule has 0 aliphatic carbocycles. The van der Waals surface area contributed by atoms with Gasteiger partial charge in [0.2, 0.25) is 11.8 Å². The summed E-state index contributed by atoms with van der Waals surface area (Å²) in [6.45, 7) is 11.8. The number of benzene rings is 2. The number of alkyl carbamates (subject to hydrolysis) is 1. The van der Waals surface area contributed by atoms with Crippen molar-refractivity contribution < 1.29 is 23.5 Å². The van der Waals surface area contributed by atoms with E-state index >= 15 is 0 Å². The van der Waals surface area contributed by atoms with Gasteiger partial charge in [0.05, 0.1) is 43.5 Å². The molecule has 3 aromatic heterocycles. The molecule has 5 aromatic rings. The second kappa shape index (κ2) is 15.9. The van der Waals surface area contributed by atoms with Crippen LogP contribution in [0, 0.1) is 11.8 Å². The van der Waals surface area contributed by atoms with E-state index in [2.05, 4.69) is 52.1 Å². The number of fused-ring (bicyclic) bond motifs is 1. The van der Waals surface area contributed by atoms with Gasteiger partial charge in [-0.1, -0.05) is 58.9 Å². The molecule has 274 valence electrons. The van der Waals surface area contributed by atoms with E-state index in [1.165, 1.54) is 7.11 Å². The number of hydrogen-bond donors (Lipinski definition) is 3. The minimum Gasteiger partial charge on any atom is -0.456 e. The fraction of sp³-hybridized carbons (Fsp3) is 0.425. The van der Waals surface area contributed by atoms with E-state index in [0.717, 1.165) is 75.7 Å². The molecule has 0 radical (unpaired) electrons. The number of aromatic nitrogens is 4. The molecule has 3 amide bonds. The van der Waals surface area contributed by atoms with Crippen molar-refractivity contribution in [1.29, 1.82) is 0 Å². The van der Waals surface area contributed by atoms with E-state index in [-0.39, 0.29) is 23.8 Å². The molecule has 12 heteroatoms. The number of amides is 3. The third-order valence-electron chi connectivity index (χ3n) is 9.54. The average molecular weight is 708 g/mol. The van der Waals surface area contributed by atoms with Gasteiger partial charge >= 0.3 is 6.09 Å². The molecule has 4 heterocycles. The number of furan rings is 1. The first-order chi connectivity index (χ1) is 25.0. The Morgan fingerprint density at radius 1 is 0.981 bits per heavy atom. The van der Waals surface area contributed by atoms with Gasteiger partial charge in [0.25, 0.3) is 0 Å². The van der Waals surface area contributed by atoms with E-state index in [0.29, 0.717) is 32.0 Å². The van der Waals surface area contributed by atoms with E-state index in [1.807, 2.05) is 72.3 Å². The standard InChI is InChI=1S/C40H49N7O5/c1-7-16-46(36(48)18-24(2)3)23-35-41-21-30(43-35)26-10-12-27(13-11-26)34-20-29-19-28(14-15-33(29)52-34)31-22-42-38(44-31)32-9-8-17-47(32)39(49)37(25(4)5)45-40(50)51-6/h10-15,19-22,24-25,32,37H,7-9,16-18,23H2,1-6H3,(H,41,43)(H,42,44)(H,45,50). The Morgan fingerprint density at radius 2 is 1.69 bits per heavy atom. The summed E-state index contributed by atoms with van der Waals surface area (Å²) in [5.41, 5.74) is 5.41. The van der Waals surface area contributed by atoms with E-state index in [9.17, 15) is 14.4 Å². The predicted molar refractivity (Wildman–Crippen MR) is 200 cm³/mol. The molecule has 2 aromatic carbocycles. The number of nitrogens with one attached hydrogen (secondary N) is 3. The topological polar surface area (TPSA) is 149 Å². The van der Waals surface area contributed by atoms with Crippen LogP contribution in [0.25, 0.3) is 44.8 Å². The summed E-state index contributed by atoms with van der Waals surface area (Å²) >= 11 is 0. The van der Waals surface area contributed by atoms with Crippen LogP contribution in [0.4, 0.5) is 4.79 Å². The first-order valence-corrected chi connectivity index (χ1v) is 18.2. The van der Waals surface area contributed by atoms with Crippen LogP contribution in [0.2, 0.25) is 0 Å². The minimum absolute atomic E-state index is 0.103. The number of hydrogen-bond acceptors (Lipinski definition) is 7. The van der Waals surface area contributed by atoms with Crippen molar-refractivity contribution >= 4 is 28.9 Å². The number of carbonyl (C=O) groups excluding carboxylic acids is 3. The Hall–Kier alpha value is -5.39. The largest absolute Gasteiger partial charge is 0.456 e. The molecule has 0 bridgehead atoms. The number of rotatable bonds is 13. The molecule has 6 rings (SSSR count). The van der Waals surface area contributed by atoms with Gasteiger partial charge in [0, 0.05) is 36.0 Å². The van der Waals surface area contributed by atoms with Crippen molar-refractivity contribution in [3.8, 4) is 33.8 Å². The third-order valence-corrected chi connectivity index (χ3v) is 9.54. The van der Waals surface area contributed by atoms with Crippen molar-refractivity contribution in [3.63, 3.8) is 0 Å². The molecule has 2 atom stereocenters. The fourth-order valence-corrected chi connectivity index (χ4v) is 6.82. The second-order valence-corrected chi connectivity index (χ2v) is 14.3. The maximum Gasteiger partial charge on any atom is 0.407 e. The lowest BCUT2D eigenvalue weighted by Crippen LogP contribution is -2.51. The van der Waals surface area contributed by atoms with Crippen LogP contribution in [0.5, 0.6) is 0 Å². The summed E-state index contributed by atoms with van der Waals surface area (Å²) < 4.78 is 11.0. The Labute approximate surface area is 304 Å². The molecule has 1 fully saturated rings. The Bertz CT molecular complexity index is 2010. The number of H-pyrrole nitrogens is 2. The Balaban J connectivity index is 1.14. The highest BCUT2D eigenvalue weighted by Crippen LogP contribution is 2.35. The number of methoxy groups -OCH3 is 1. The summed E-state index contributed by atoms with van der Waals surface area (Å²) in [7, 11) is 1.29. The molecule has 1 aliphatic rings. The first-order valence-electron chi connectivity index (χ1n) is 18.2. The van der Waals surface area contributed by atoms with E-state index in [1.54, 1.807) is 6.20 Å². The zero-order valence-electron chi connectivity index (χ0n) is 30.9. The number of imidazole rings is 2. The lowest BCUT2D eigenvalue weighted by atomic mass is 10.0. The maximum absolute atomic E-state index is 13.5. The third kappa shape index (κ3) is 8.06. The highest BCUT2D eigenvalue weighted by Gasteiger charge is 2.37. The van der Waals surface area contributed by atoms with E-state index in [4.69, 9.17) is 9.15 Å². The second-order valence-electron chi connectivity index (χ2n) is 14.3. The van der Waals surface area contributed by atoms with Crippen molar-refractivity contribution in [3.05, 3.63) is 72.6 Å². The van der Waals surface area contributed by atoms with Crippen LogP contribution in [0.1, 0.15) is 78.0 Å². The van der Waals surface area contributed by atoms with Gasteiger partial charge in [-0.15, -0.1) is 0 Å². The van der Waals surface area contributed by atoms with E-state index < -0.39 is 12.1 Å². The van der Waals surface area contributed by atoms with Crippen molar-refractivity contribution in [2.75, 3.05) is 20.2 Å². The highest BCUT2D eigenvalue weighted by atomic mass is 16.5. The predicted octanol–water partition coefficient (Wildman–Crippen LogP) is 7.71. The minimum atomic E-state index is -0.686. The molecule has 2 unspecified atom stereocenters. The molecular weight excluding hydrogens is 658 g/mol. The molecule has 52 heavy (non-hydrogen) atoms. The van der Waals surface area contributed by atoms with Gasteiger partial charge in [0.15, 0.2) is 0 Å². The normalized spacial score (nSPS) is 15.1. The molecular formula is C40H49N7O5. The number of carbonyl (C=O) groups is 3. The number of ether oxygens (including phenoxy) is 1. The van der Waals surface area contributed by atoms with Crippen LogP contribution >= 0.6 is 0 Å². The van der Waals surface area contributed by atoms with Gasteiger partial charge in [-0.3, -0.25) is 9.59 Å². The number of nitrogens with zero attached hydrogens (tertiary/aromatic N) is 4.